The standard InChI is InChI=1S/C21H22ClN5O2/c1-23-21(26-17-5-8-19-20(11-17)29-10-2-9-28-19)24-12-15-13-25-27(14-15)18-6-3-16(22)4-7-18/h3-8,11,13-14H,2,9-10,12H2,1H3,(H2,23,24,26). The number of guanidine groups is 1. The van der Waals surface area contributed by atoms with Crippen LogP contribution in [0.4, 0.5) is 5.69 Å². The summed E-state index contributed by atoms with van der Waals surface area (Å²) in [7, 11) is 1.73. The van der Waals surface area contributed by atoms with E-state index in [2.05, 4.69) is 20.7 Å². The van der Waals surface area contributed by atoms with Crippen molar-refractivity contribution in [3.8, 4) is 17.2 Å². The quantitative estimate of drug-likeness (QED) is 0.503. The van der Waals surface area contributed by atoms with E-state index in [-0.39, 0.29) is 0 Å². The van der Waals surface area contributed by atoms with Crippen molar-refractivity contribution in [3.05, 3.63) is 65.4 Å². The Labute approximate surface area is 174 Å². The number of anilines is 1. The third kappa shape index (κ3) is 4.81. The van der Waals surface area contributed by atoms with Crippen molar-refractivity contribution in [2.24, 2.45) is 4.99 Å². The fourth-order valence-electron chi connectivity index (χ4n) is 2.93. The number of hydrogen-bond acceptors (Lipinski definition) is 4. The van der Waals surface area contributed by atoms with Gasteiger partial charge in [0.15, 0.2) is 17.5 Å². The first kappa shape index (κ1) is 19.1. The molecule has 4 rings (SSSR count). The van der Waals surface area contributed by atoms with Crippen molar-refractivity contribution < 1.29 is 9.47 Å². The van der Waals surface area contributed by atoms with E-state index in [4.69, 9.17) is 21.1 Å². The van der Waals surface area contributed by atoms with Crippen molar-refractivity contribution >= 4 is 23.2 Å². The summed E-state index contributed by atoms with van der Waals surface area (Å²) in [5.41, 5.74) is 2.86. The summed E-state index contributed by atoms with van der Waals surface area (Å²) in [6.07, 6.45) is 4.67. The Hall–Kier alpha value is -3.19. The summed E-state index contributed by atoms with van der Waals surface area (Å²) >= 11 is 5.94. The van der Waals surface area contributed by atoms with Gasteiger partial charge in [-0.05, 0) is 36.4 Å². The maximum Gasteiger partial charge on any atom is 0.195 e. The predicted molar refractivity (Wildman–Crippen MR) is 114 cm³/mol. The second kappa shape index (κ2) is 8.87. The van der Waals surface area contributed by atoms with Crippen LogP contribution in [0.5, 0.6) is 11.5 Å². The molecule has 1 aliphatic heterocycles. The molecule has 0 aliphatic carbocycles. The molecule has 0 saturated carbocycles. The molecular weight excluding hydrogens is 390 g/mol. The van der Waals surface area contributed by atoms with Crippen LogP contribution < -0.4 is 20.1 Å². The van der Waals surface area contributed by atoms with Crippen LogP contribution in [0.3, 0.4) is 0 Å². The second-order valence-corrected chi connectivity index (χ2v) is 6.97. The van der Waals surface area contributed by atoms with Gasteiger partial charge in [0.25, 0.3) is 0 Å². The second-order valence-electron chi connectivity index (χ2n) is 6.53. The molecule has 0 spiro atoms. The lowest BCUT2D eigenvalue weighted by molar-refractivity contribution is 0.297. The summed E-state index contributed by atoms with van der Waals surface area (Å²) in [6, 6.07) is 13.3. The first-order chi connectivity index (χ1) is 14.2. The smallest absolute Gasteiger partial charge is 0.195 e. The number of ether oxygens (including phenoxy) is 2. The van der Waals surface area contributed by atoms with E-state index in [1.54, 1.807) is 7.05 Å². The molecule has 29 heavy (non-hydrogen) atoms. The van der Waals surface area contributed by atoms with Gasteiger partial charge in [0.1, 0.15) is 0 Å². The molecule has 2 heterocycles. The van der Waals surface area contributed by atoms with Gasteiger partial charge in [-0.3, -0.25) is 4.99 Å². The van der Waals surface area contributed by atoms with E-state index in [0.717, 1.165) is 34.9 Å². The number of nitrogens with one attached hydrogen (secondary N) is 2. The summed E-state index contributed by atoms with van der Waals surface area (Å²) in [5.74, 6) is 2.16. The normalized spacial score (nSPS) is 13.7. The molecule has 3 aromatic rings. The molecular formula is C21H22ClN5O2. The first-order valence-electron chi connectivity index (χ1n) is 9.38. The number of fused-ring (bicyclic) bond motifs is 1. The molecule has 1 aliphatic rings. The summed E-state index contributed by atoms with van der Waals surface area (Å²) in [4.78, 5) is 4.28. The molecule has 7 nitrogen and oxygen atoms in total. The van der Waals surface area contributed by atoms with Gasteiger partial charge in [0, 0.05) is 48.5 Å². The van der Waals surface area contributed by atoms with Crippen molar-refractivity contribution in [2.75, 3.05) is 25.6 Å². The van der Waals surface area contributed by atoms with E-state index < -0.39 is 0 Å². The van der Waals surface area contributed by atoms with Crippen LogP contribution in [0.1, 0.15) is 12.0 Å². The fourth-order valence-corrected chi connectivity index (χ4v) is 3.06. The number of nitrogens with zero attached hydrogens (tertiary/aromatic N) is 3. The van der Waals surface area contributed by atoms with Gasteiger partial charge in [0.05, 0.1) is 25.1 Å². The minimum atomic E-state index is 0.581. The zero-order valence-corrected chi connectivity index (χ0v) is 16.8. The average molecular weight is 412 g/mol. The highest BCUT2D eigenvalue weighted by Crippen LogP contribution is 2.32. The molecule has 2 aromatic carbocycles. The Kier molecular flexibility index (Phi) is 5.86. The van der Waals surface area contributed by atoms with Crippen LogP contribution >= 0.6 is 11.6 Å². The summed E-state index contributed by atoms with van der Waals surface area (Å²) in [5, 5.41) is 11.7. The van der Waals surface area contributed by atoms with E-state index in [9.17, 15) is 0 Å². The number of benzene rings is 2. The Morgan fingerprint density at radius 2 is 1.93 bits per heavy atom. The molecule has 150 valence electrons. The number of hydrogen-bond donors (Lipinski definition) is 2. The maximum absolute atomic E-state index is 5.94. The van der Waals surface area contributed by atoms with Crippen molar-refractivity contribution in [2.45, 2.75) is 13.0 Å². The average Bonchev–Trinajstić information content (AvgIpc) is 3.09. The molecule has 0 fully saturated rings. The first-order valence-corrected chi connectivity index (χ1v) is 9.76. The van der Waals surface area contributed by atoms with Crippen LogP contribution in [0.2, 0.25) is 5.02 Å². The van der Waals surface area contributed by atoms with Crippen molar-refractivity contribution in [1.29, 1.82) is 0 Å². The van der Waals surface area contributed by atoms with Crippen LogP contribution in [0, 0.1) is 0 Å². The van der Waals surface area contributed by atoms with Gasteiger partial charge in [-0.15, -0.1) is 0 Å². The van der Waals surface area contributed by atoms with E-state index >= 15 is 0 Å². The third-order valence-electron chi connectivity index (χ3n) is 4.42. The zero-order chi connectivity index (χ0) is 20.1. The fraction of sp³-hybridized carbons (Fsp3) is 0.238. The minimum absolute atomic E-state index is 0.581. The van der Waals surface area contributed by atoms with Gasteiger partial charge < -0.3 is 20.1 Å². The van der Waals surface area contributed by atoms with Crippen LogP contribution in [-0.2, 0) is 6.54 Å². The zero-order valence-electron chi connectivity index (χ0n) is 16.1. The Bertz CT molecular complexity index is 1000. The van der Waals surface area contributed by atoms with Gasteiger partial charge in [-0.25, -0.2) is 4.68 Å². The Morgan fingerprint density at radius 3 is 2.72 bits per heavy atom. The molecule has 2 N–H and O–H groups in total. The highest BCUT2D eigenvalue weighted by Gasteiger charge is 2.11. The van der Waals surface area contributed by atoms with Gasteiger partial charge in [0.2, 0.25) is 0 Å². The minimum Gasteiger partial charge on any atom is -0.490 e. The number of aromatic nitrogens is 2. The highest BCUT2D eigenvalue weighted by atomic mass is 35.5. The third-order valence-corrected chi connectivity index (χ3v) is 4.67. The lowest BCUT2D eigenvalue weighted by Crippen LogP contribution is -2.30. The van der Waals surface area contributed by atoms with Gasteiger partial charge in [-0.2, -0.15) is 5.10 Å². The van der Waals surface area contributed by atoms with Crippen molar-refractivity contribution in [1.82, 2.24) is 15.1 Å². The van der Waals surface area contributed by atoms with E-state index in [1.165, 1.54) is 0 Å². The van der Waals surface area contributed by atoms with Crippen LogP contribution in [0.15, 0.2) is 59.9 Å². The Morgan fingerprint density at radius 1 is 1.14 bits per heavy atom. The predicted octanol–water partition coefficient (Wildman–Crippen LogP) is 3.87. The summed E-state index contributed by atoms with van der Waals surface area (Å²) < 4.78 is 13.2. The highest BCUT2D eigenvalue weighted by molar-refractivity contribution is 6.30. The number of halogens is 1. The van der Waals surface area contributed by atoms with Crippen LogP contribution in [0.25, 0.3) is 5.69 Å². The molecule has 0 unspecified atom stereocenters. The van der Waals surface area contributed by atoms with Crippen molar-refractivity contribution in [3.63, 3.8) is 0 Å². The van der Waals surface area contributed by atoms with Gasteiger partial charge in [-0.1, -0.05) is 11.6 Å². The molecule has 0 saturated heterocycles. The lowest BCUT2D eigenvalue weighted by Gasteiger charge is -2.13. The molecule has 0 radical (unpaired) electrons. The molecule has 0 amide bonds. The SMILES string of the molecule is CN=C(NCc1cnn(-c2ccc(Cl)cc2)c1)Nc1ccc2c(c1)OCCCO2. The lowest BCUT2D eigenvalue weighted by atomic mass is 10.2. The molecule has 0 bridgehead atoms. The van der Waals surface area contributed by atoms with Crippen LogP contribution in [-0.4, -0.2) is 36.0 Å². The monoisotopic (exact) mass is 411 g/mol. The largest absolute Gasteiger partial charge is 0.490 e. The van der Waals surface area contributed by atoms with Gasteiger partial charge >= 0.3 is 0 Å². The number of rotatable bonds is 4. The topological polar surface area (TPSA) is 72.7 Å². The molecule has 0 atom stereocenters. The maximum atomic E-state index is 5.94. The summed E-state index contributed by atoms with van der Waals surface area (Å²) in [6.45, 7) is 1.91. The molecule has 8 heteroatoms. The Balaban J connectivity index is 1.38. The van der Waals surface area contributed by atoms with E-state index in [0.29, 0.717) is 30.7 Å². The molecule has 1 aromatic heterocycles. The number of aliphatic imine (C=N–C) groups is 1. The van der Waals surface area contributed by atoms with E-state index in [1.807, 2.05) is 59.5 Å².